The zero-order chi connectivity index (χ0) is 9.00. The molecule has 0 amide bonds. The molecule has 0 aromatic heterocycles. The van der Waals surface area contributed by atoms with E-state index in [2.05, 4.69) is 0 Å². The number of hydrogen-bond donors (Lipinski definition) is 0. The number of phosphoric acid groups is 1. The van der Waals surface area contributed by atoms with Crippen molar-refractivity contribution in [3.05, 3.63) is 0 Å². The number of rotatable bonds is 0. The fourth-order valence-corrected chi connectivity index (χ4v) is 0. The SMILES string of the molecule is O=P([O-])([O-])[O-].O=S(=O)([O-])[O-].[Zn+2]. The van der Waals surface area contributed by atoms with E-state index in [1.807, 2.05) is 0 Å². The van der Waals surface area contributed by atoms with Crippen LogP contribution < -0.4 is 14.7 Å². The zero-order valence-electron chi connectivity index (χ0n) is 4.83. The van der Waals surface area contributed by atoms with E-state index in [1.54, 1.807) is 0 Å². The summed E-state index contributed by atoms with van der Waals surface area (Å²) < 4.78 is 42.6. The van der Waals surface area contributed by atoms with Crippen molar-refractivity contribution >= 4 is 18.2 Å². The number of hydrogen-bond acceptors (Lipinski definition) is 8. The van der Waals surface area contributed by atoms with Gasteiger partial charge in [0.25, 0.3) is 0 Å². The van der Waals surface area contributed by atoms with E-state index in [1.165, 1.54) is 0 Å². The summed E-state index contributed by atoms with van der Waals surface area (Å²) in [5.41, 5.74) is 0. The Kier molecular flexibility index (Phi) is 9.86. The van der Waals surface area contributed by atoms with E-state index in [9.17, 15) is 0 Å². The van der Waals surface area contributed by atoms with Gasteiger partial charge in [0.05, 0.1) is 0 Å². The molecule has 0 fully saturated rings. The Morgan fingerprint density at radius 2 is 1.00 bits per heavy atom. The predicted octanol–water partition coefficient (Wildman–Crippen LogP) is -4.17. The molecule has 0 spiro atoms. The minimum atomic E-state index is -5.39. The Morgan fingerprint density at radius 3 is 1.00 bits per heavy atom. The standard InChI is InChI=1S/H3O4P.H2O4S.Zn/c2*1-5(2,3)4;/h(H3,1,2,3,4);(H2,1,2,3,4);/q;;+2/p-5. The molecule has 0 heterocycles. The van der Waals surface area contributed by atoms with Crippen LogP contribution in [0.4, 0.5) is 0 Å². The molecular formula is O8PSZn-3. The van der Waals surface area contributed by atoms with E-state index < -0.39 is 18.2 Å². The molecule has 0 aliphatic rings. The van der Waals surface area contributed by atoms with Crippen LogP contribution in [-0.2, 0) is 34.4 Å². The van der Waals surface area contributed by atoms with Crippen LogP contribution in [0.25, 0.3) is 0 Å². The third kappa shape index (κ3) is 2160. The minimum absolute atomic E-state index is 0. The molecule has 0 radical (unpaired) electrons. The van der Waals surface area contributed by atoms with Crippen molar-refractivity contribution in [2.45, 2.75) is 0 Å². The average molecular weight is 256 g/mol. The van der Waals surface area contributed by atoms with Gasteiger partial charge in [-0.1, -0.05) is 0 Å². The Labute approximate surface area is 74.8 Å². The molecule has 11 heteroatoms. The van der Waals surface area contributed by atoms with Gasteiger partial charge < -0.3 is 28.4 Å². The van der Waals surface area contributed by atoms with Gasteiger partial charge in [0.1, 0.15) is 0 Å². The second-order valence-corrected chi connectivity index (χ2v) is 2.57. The van der Waals surface area contributed by atoms with Gasteiger partial charge in [-0.2, -0.15) is 7.82 Å². The molecule has 0 N–H and O–H groups in total. The summed E-state index contributed by atoms with van der Waals surface area (Å²) in [6, 6.07) is 0. The van der Waals surface area contributed by atoms with Crippen LogP contribution in [-0.4, -0.2) is 17.5 Å². The van der Waals surface area contributed by atoms with Gasteiger partial charge >= 0.3 is 19.5 Å². The summed E-state index contributed by atoms with van der Waals surface area (Å²) in [7, 11) is -10.6. The molecule has 8 nitrogen and oxygen atoms in total. The van der Waals surface area contributed by atoms with Crippen LogP contribution >= 0.6 is 7.82 Å². The molecule has 0 aromatic carbocycles. The van der Waals surface area contributed by atoms with Gasteiger partial charge in [-0.25, -0.2) is 0 Å². The van der Waals surface area contributed by atoms with E-state index in [0.29, 0.717) is 0 Å². The summed E-state index contributed by atoms with van der Waals surface area (Å²) in [5, 5.41) is 0. The molecule has 11 heavy (non-hydrogen) atoms. The molecule has 64 valence electrons. The molecule has 0 rings (SSSR count). The van der Waals surface area contributed by atoms with Crippen LogP contribution in [0.2, 0.25) is 0 Å². The first-order valence-corrected chi connectivity index (χ1v) is 4.19. The fourth-order valence-electron chi connectivity index (χ4n) is 0. The third-order valence-corrected chi connectivity index (χ3v) is 0. The van der Waals surface area contributed by atoms with Crippen LogP contribution in [0.3, 0.4) is 0 Å². The molecule has 0 atom stereocenters. The molecule has 0 bridgehead atoms. The van der Waals surface area contributed by atoms with Gasteiger partial charge in [-0.15, -0.1) is 0 Å². The van der Waals surface area contributed by atoms with Crippen molar-refractivity contribution in [3.8, 4) is 0 Å². The summed E-state index contributed by atoms with van der Waals surface area (Å²) in [6.45, 7) is 0. The van der Waals surface area contributed by atoms with Gasteiger partial charge in [0.15, 0.2) is 0 Å². The second-order valence-electron chi connectivity index (χ2n) is 0.855. The van der Waals surface area contributed by atoms with Crippen LogP contribution in [0.15, 0.2) is 0 Å². The first-order chi connectivity index (χ1) is 4.00. The van der Waals surface area contributed by atoms with Crippen LogP contribution in [0.5, 0.6) is 0 Å². The molecule has 0 aliphatic heterocycles. The summed E-state index contributed by atoms with van der Waals surface area (Å²) in [6.07, 6.45) is 0. The molecule has 0 saturated carbocycles. The fraction of sp³-hybridized carbons (Fsp3) is 0. The normalized spacial score (nSPS) is 10.6. The van der Waals surface area contributed by atoms with E-state index >= 15 is 0 Å². The third-order valence-electron chi connectivity index (χ3n) is 0. The van der Waals surface area contributed by atoms with Crippen molar-refractivity contribution < 1.29 is 56.2 Å². The summed E-state index contributed by atoms with van der Waals surface area (Å²) in [4.78, 5) is 25.6. The average Bonchev–Trinajstić information content (AvgIpc) is 1.12. The Hall–Kier alpha value is 0.603. The first kappa shape index (κ1) is 17.6. The maximum Gasteiger partial charge on any atom is 2.00 e. The van der Waals surface area contributed by atoms with Gasteiger partial charge in [-0.3, -0.25) is 8.42 Å². The summed E-state index contributed by atoms with van der Waals surface area (Å²) in [5.74, 6) is 0. The molecule has 0 aromatic rings. The van der Waals surface area contributed by atoms with E-state index in [0.717, 1.165) is 0 Å². The van der Waals surface area contributed by atoms with Crippen molar-refractivity contribution in [3.63, 3.8) is 0 Å². The topological polar surface area (TPSA) is 167 Å². The second kappa shape index (κ2) is 6.16. The largest absolute Gasteiger partial charge is 2.00 e. The Morgan fingerprint density at radius 1 is 1.00 bits per heavy atom. The Balaban J connectivity index is -0.000000107. The molecular weight excluding hydrogens is 256 g/mol. The predicted molar refractivity (Wildman–Crippen MR) is 18.1 cm³/mol. The first-order valence-electron chi connectivity index (χ1n) is 1.40. The Bertz CT molecular complexity index is 192. The van der Waals surface area contributed by atoms with Gasteiger partial charge in [0.2, 0.25) is 0 Å². The van der Waals surface area contributed by atoms with Crippen LogP contribution in [0, 0.1) is 0 Å². The molecule has 0 saturated heterocycles. The van der Waals surface area contributed by atoms with Crippen molar-refractivity contribution in [2.75, 3.05) is 0 Å². The quantitative estimate of drug-likeness (QED) is 0.182. The smallest absolute Gasteiger partial charge is 0.822 e. The summed E-state index contributed by atoms with van der Waals surface area (Å²) >= 11 is 0. The monoisotopic (exact) mass is 255 g/mol. The van der Waals surface area contributed by atoms with Crippen LogP contribution in [0.1, 0.15) is 0 Å². The molecule has 0 aliphatic carbocycles. The minimum Gasteiger partial charge on any atom is -0.822 e. The zero-order valence-corrected chi connectivity index (χ0v) is 9.51. The van der Waals surface area contributed by atoms with E-state index in [-0.39, 0.29) is 19.5 Å². The van der Waals surface area contributed by atoms with Crippen molar-refractivity contribution in [1.29, 1.82) is 0 Å². The van der Waals surface area contributed by atoms with Crippen molar-refractivity contribution in [1.82, 2.24) is 0 Å². The van der Waals surface area contributed by atoms with Gasteiger partial charge in [0, 0.05) is 10.4 Å². The van der Waals surface area contributed by atoms with Gasteiger partial charge in [-0.05, 0) is 0 Å². The van der Waals surface area contributed by atoms with E-state index in [4.69, 9.17) is 36.8 Å². The molecule has 0 unspecified atom stereocenters. The van der Waals surface area contributed by atoms with Crippen molar-refractivity contribution in [2.24, 2.45) is 0 Å². The maximum atomic E-state index is 8.55. The maximum absolute atomic E-state index is 8.55.